The standard InChI is InChI=1S/C36H39F3N2O4S/c1-4-6-19-44-20-21-45-32-14-10-28(11-15-32)29-12-18-34(36(37,38)39)30(23-29)9-13-31(42)22-27-7-16-33(17-8-27)46(43)24-35-26(3)40-25-41(35)5-2/h7-18,23,25H,4-6,19-22,24H2,1-3H3/b13-9+/t46-/m0/s1. The number of aryl methyl sites for hydroxylation is 2. The molecule has 0 aliphatic carbocycles. The predicted molar refractivity (Wildman–Crippen MR) is 175 cm³/mol. The summed E-state index contributed by atoms with van der Waals surface area (Å²) in [7, 11) is -1.30. The van der Waals surface area contributed by atoms with Crippen molar-refractivity contribution in [3.63, 3.8) is 0 Å². The molecule has 0 N–H and O–H groups in total. The van der Waals surface area contributed by atoms with E-state index < -0.39 is 22.5 Å². The van der Waals surface area contributed by atoms with E-state index in [0.29, 0.717) is 52.9 Å². The molecule has 0 unspecified atom stereocenters. The summed E-state index contributed by atoms with van der Waals surface area (Å²) in [5, 5.41) is 0. The number of unbranched alkanes of at least 4 members (excludes halogenated alkanes) is 1. The number of ether oxygens (including phenoxy) is 2. The summed E-state index contributed by atoms with van der Waals surface area (Å²) in [6.07, 6.45) is 1.60. The van der Waals surface area contributed by atoms with E-state index in [2.05, 4.69) is 11.9 Å². The van der Waals surface area contributed by atoms with Gasteiger partial charge in [-0.1, -0.05) is 49.8 Å². The Bertz CT molecular complexity index is 1650. The van der Waals surface area contributed by atoms with Crippen LogP contribution in [-0.4, -0.2) is 39.4 Å². The summed E-state index contributed by atoms with van der Waals surface area (Å²) < 4.78 is 67.6. The van der Waals surface area contributed by atoms with Gasteiger partial charge in [0.15, 0.2) is 5.78 Å². The third-order valence-corrected chi connectivity index (χ3v) is 8.79. The highest BCUT2D eigenvalue weighted by Gasteiger charge is 2.32. The summed E-state index contributed by atoms with van der Waals surface area (Å²) in [5.74, 6) is 0.613. The molecule has 6 nitrogen and oxygen atoms in total. The van der Waals surface area contributed by atoms with Gasteiger partial charge < -0.3 is 14.0 Å². The Labute approximate surface area is 270 Å². The van der Waals surface area contributed by atoms with Gasteiger partial charge in [-0.2, -0.15) is 13.2 Å². The molecule has 1 aromatic heterocycles. The number of rotatable bonds is 16. The van der Waals surface area contributed by atoms with Crippen LogP contribution < -0.4 is 4.74 Å². The van der Waals surface area contributed by atoms with Crippen molar-refractivity contribution in [1.29, 1.82) is 0 Å². The molecule has 0 aliphatic rings. The first-order valence-electron chi connectivity index (χ1n) is 15.3. The zero-order valence-corrected chi connectivity index (χ0v) is 27.1. The van der Waals surface area contributed by atoms with Crippen LogP contribution in [0.5, 0.6) is 5.75 Å². The fourth-order valence-electron chi connectivity index (χ4n) is 4.83. The minimum absolute atomic E-state index is 0.00270. The molecular weight excluding hydrogens is 613 g/mol. The molecule has 4 rings (SSSR count). The van der Waals surface area contributed by atoms with Crippen LogP contribution in [0.3, 0.4) is 0 Å². The van der Waals surface area contributed by atoms with E-state index in [1.165, 1.54) is 24.3 Å². The van der Waals surface area contributed by atoms with Crippen LogP contribution in [0.15, 0.2) is 84.0 Å². The summed E-state index contributed by atoms with van der Waals surface area (Å²) >= 11 is 0. The lowest BCUT2D eigenvalue weighted by Gasteiger charge is -2.13. The van der Waals surface area contributed by atoms with Crippen LogP contribution in [0.25, 0.3) is 17.2 Å². The molecule has 244 valence electrons. The monoisotopic (exact) mass is 652 g/mol. The van der Waals surface area contributed by atoms with Gasteiger partial charge in [0.05, 0.1) is 46.4 Å². The highest BCUT2D eigenvalue weighted by molar-refractivity contribution is 7.84. The van der Waals surface area contributed by atoms with Gasteiger partial charge >= 0.3 is 6.18 Å². The van der Waals surface area contributed by atoms with Crippen LogP contribution in [0.1, 0.15) is 54.8 Å². The van der Waals surface area contributed by atoms with E-state index in [1.54, 1.807) is 54.9 Å². The number of hydrogen-bond donors (Lipinski definition) is 0. The van der Waals surface area contributed by atoms with Crippen molar-refractivity contribution in [3.8, 4) is 16.9 Å². The summed E-state index contributed by atoms with van der Waals surface area (Å²) in [6, 6.07) is 17.8. The number of carbonyl (C=O) groups is 1. The number of ketones is 1. The molecule has 0 saturated heterocycles. The van der Waals surface area contributed by atoms with E-state index in [1.807, 2.05) is 18.4 Å². The molecule has 0 saturated carbocycles. The molecule has 1 heterocycles. The third kappa shape index (κ3) is 9.74. The minimum atomic E-state index is -4.59. The van der Waals surface area contributed by atoms with E-state index >= 15 is 0 Å². The number of alkyl halides is 3. The molecule has 10 heteroatoms. The largest absolute Gasteiger partial charge is 0.491 e. The van der Waals surface area contributed by atoms with Crippen molar-refractivity contribution in [3.05, 3.63) is 107 Å². The van der Waals surface area contributed by atoms with Crippen molar-refractivity contribution < 1.29 is 31.6 Å². The van der Waals surface area contributed by atoms with Crippen LogP contribution in [0.4, 0.5) is 13.2 Å². The highest BCUT2D eigenvalue weighted by Crippen LogP contribution is 2.35. The molecular formula is C36H39F3N2O4S. The maximum atomic E-state index is 13.8. The fourth-order valence-corrected chi connectivity index (χ4v) is 6.06. The third-order valence-electron chi connectivity index (χ3n) is 7.46. The number of nitrogens with zero attached hydrogens (tertiary/aromatic N) is 2. The lowest BCUT2D eigenvalue weighted by molar-refractivity contribution is -0.137. The molecule has 0 spiro atoms. The van der Waals surface area contributed by atoms with Gasteiger partial charge in [0.2, 0.25) is 0 Å². The highest BCUT2D eigenvalue weighted by atomic mass is 32.2. The first kappa shape index (κ1) is 34.8. The second-order valence-electron chi connectivity index (χ2n) is 10.8. The van der Waals surface area contributed by atoms with Gasteiger partial charge in [-0.25, -0.2) is 4.98 Å². The Morgan fingerprint density at radius 3 is 2.35 bits per heavy atom. The second kappa shape index (κ2) is 16.5. The van der Waals surface area contributed by atoms with Gasteiger partial charge in [0.1, 0.15) is 12.4 Å². The van der Waals surface area contributed by atoms with Gasteiger partial charge in [-0.3, -0.25) is 9.00 Å². The second-order valence-corrected chi connectivity index (χ2v) is 12.3. The quantitative estimate of drug-likeness (QED) is 0.0901. The molecule has 46 heavy (non-hydrogen) atoms. The van der Waals surface area contributed by atoms with Crippen molar-refractivity contribution in [2.75, 3.05) is 19.8 Å². The van der Waals surface area contributed by atoms with E-state index in [9.17, 15) is 22.2 Å². The molecule has 4 aromatic rings. The summed E-state index contributed by atoms with van der Waals surface area (Å²) in [4.78, 5) is 17.7. The fraction of sp³-hybridized carbons (Fsp3) is 0.333. The number of aromatic nitrogens is 2. The minimum Gasteiger partial charge on any atom is -0.491 e. The van der Waals surface area contributed by atoms with E-state index in [0.717, 1.165) is 36.8 Å². The Hall–Kier alpha value is -4.02. The normalized spacial score (nSPS) is 12.5. The zero-order valence-electron chi connectivity index (χ0n) is 26.3. The van der Waals surface area contributed by atoms with Gasteiger partial charge in [-0.05, 0) is 85.0 Å². The van der Waals surface area contributed by atoms with E-state index in [-0.39, 0.29) is 17.8 Å². The molecule has 0 fully saturated rings. The molecule has 0 aliphatic heterocycles. The van der Waals surface area contributed by atoms with Crippen molar-refractivity contribution in [2.24, 2.45) is 0 Å². The maximum absolute atomic E-state index is 13.8. The van der Waals surface area contributed by atoms with Crippen molar-refractivity contribution in [2.45, 2.75) is 63.4 Å². The first-order chi connectivity index (χ1) is 22.1. The van der Waals surface area contributed by atoms with E-state index in [4.69, 9.17) is 9.47 Å². The van der Waals surface area contributed by atoms with Crippen molar-refractivity contribution >= 4 is 22.7 Å². The molecule has 0 amide bonds. The lowest BCUT2D eigenvalue weighted by Crippen LogP contribution is -2.08. The zero-order chi connectivity index (χ0) is 33.1. The van der Waals surface area contributed by atoms with Gasteiger partial charge in [0.25, 0.3) is 0 Å². The number of benzene rings is 3. The molecule has 0 bridgehead atoms. The molecule has 0 radical (unpaired) electrons. The Morgan fingerprint density at radius 2 is 1.67 bits per heavy atom. The lowest BCUT2D eigenvalue weighted by atomic mass is 9.98. The Kier molecular flexibility index (Phi) is 12.5. The predicted octanol–water partition coefficient (Wildman–Crippen LogP) is 8.23. The first-order valence-corrected chi connectivity index (χ1v) is 16.6. The van der Waals surface area contributed by atoms with Crippen LogP contribution in [0, 0.1) is 6.92 Å². The number of imidazole rings is 1. The van der Waals surface area contributed by atoms with Crippen LogP contribution >= 0.6 is 0 Å². The maximum Gasteiger partial charge on any atom is 0.416 e. The number of allylic oxidation sites excluding steroid dienone is 1. The summed E-state index contributed by atoms with van der Waals surface area (Å²) in [5.41, 5.74) is 2.79. The van der Waals surface area contributed by atoms with Crippen LogP contribution in [-0.2, 0) is 45.2 Å². The Morgan fingerprint density at radius 1 is 0.957 bits per heavy atom. The molecule has 1 atom stereocenters. The van der Waals surface area contributed by atoms with Gasteiger partial charge in [-0.15, -0.1) is 0 Å². The average Bonchev–Trinajstić information content (AvgIpc) is 3.40. The van der Waals surface area contributed by atoms with Crippen LogP contribution in [0.2, 0.25) is 0 Å². The average molecular weight is 653 g/mol. The molecule has 3 aromatic carbocycles. The summed E-state index contributed by atoms with van der Waals surface area (Å²) in [6.45, 7) is 8.29. The van der Waals surface area contributed by atoms with Crippen molar-refractivity contribution in [1.82, 2.24) is 9.55 Å². The SMILES string of the molecule is CCCCOCCOc1ccc(-c2ccc(C(F)(F)F)c(/C=C/C(=O)Cc3ccc([S@@](=O)Cc4c(C)ncn4CC)cc3)c2)cc1. The number of hydrogen-bond acceptors (Lipinski definition) is 5. The van der Waals surface area contributed by atoms with Gasteiger partial charge in [0, 0.05) is 24.5 Å². The smallest absolute Gasteiger partial charge is 0.416 e. The number of halogens is 3. The topological polar surface area (TPSA) is 70.4 Å². The number of carbonyl (C=O) groups excluding carboxylic acids is 1. The Balaban J connectivity index is 1.40.